The van der Waals surface area contributed by atoms with Crippen LogP contribution in [0.4, 0.5) is 0 Å². The number of para-hydroxylation sites is 1. The molecule has 2 aliphatic rings. The molecule has 2 aliphatic heterocycles. The molecule has 2 atom stereocenters. The minimum absolute atomic E-state index is 0.0516. The summed E-state index contributed by atoms with van der Waals surface area (Å²) < 4.78 is 29.6. The Labute approximate surface area is 126 Å². The fourth-order valence-electron chi connectivity index (χ4n) is 3.39. The molecular weight excluding hydrogens is 286 g/mol. The molecule has 1 N–H and O–H groups in total. The molecule has 0 radical (unpaired) electrons. The molecule has 0 spiro atoms. The van der Waals surface area contributed by atoms with Gasteiger partial charge in [0.1, 0.15) is 11.4 Å². The molecule has 1 aromatic rings. The van der Waals surface area contributed by atoms with Gasteiger partial charge in [0.2, 0.25) is 0 Å². The third-order valence-corrected chi connectivity index (χ3v) is 6.10. The van der Waals surface area contributed by atoms with E-state index in [1.54, 1.807) is 0 Å². The maximum Gasteiger partial charge on any atom is 0.151 e. The highest BCUT2D eigenvalue weighted by molar-refractivity contribution is 7.91. The Morgan fingerprint density at radius 2 is 2.05 bits per heavy atom. The summed E-state index contributed by atoms with van der Waals surface area (Å²) in [5, 5.41) is 3.57. The van der Waals surface area contributed by atoms with Gasteiger partial charge in [-0.3, -0.25) is 0 Å². The van der Waals surface area contributed by atoms with E-state index in [1.807, 2.05) is 18.2 Å². The molecule has 0 aliphatic carbocycles. The van der Waals surface area contributed by atoms with Gasteiger partial charge in [-0.15, -0.1) is 0 Å². The van der Waals surface area contributed by atoms with Crippen molar-refractivity contribution in [2.45, 2.75) is 50.8 Å². The first-order chi connectivity index (χ1) is 9.85. The Morgan fingerprint density at radius 3 is 2.81 bits per heavy atom. The summed E-state index contributed by atoms with van der Waals surface area (Å²) in [6.07, 6.45) is 2.54. The second kappa shape index (κ2) is 5.29. The van der Waals surface area contributed by atoms with Crippen LogP contribution >= 0.6 is 0 Å². The minimum atomic E-state index is -2.88. The molecule has 116 valence electrons. The molecule has 1 aromatic carbocycles. The largest absolute Gasteiger partial charge is 0.487 e. The zero-order valence-corrected chi connectivity index (χ0v) is 13.4. The zero-order chi connectivity index (χ0) is 15.1. The number of nitrogens with one attached hydrogen (secondary N) is 1. The molecule has 21 heavy (non-hydrogen) atoms. The fraction of sp³-hybridized carbons (Fsp3) is 0.625. The monoisotopic (exact) mass is 309 g/mol. The van der Waals surface area contributed by atoms with Crippen LogP contribution in [-0.4, -0.2) is 31.6 Å². The van der Waals surface area contributed by atoms with E-state index in [-0.39, 0.29) is 23.4 Å². The van der Waals surface area contributed by atoms with E-state index in [1.165, 1.54) is 0 Å². The van der Waals surface area contributed by atoms with Gasteiger partial charge in [-0.05, 0) is 32.8 Å². The number of ether oxygens (including phenoxy) is 1. The second-order valence-corrected chi connectivity index (χ2v) is 9.01. The summed E-state index contributed by atoms with van der Waals surface area (Å²) in [7, 11) is -2.88. The van der Waals surface area contributed by atoms with Crippen molar-refractivity contribution in [2.24, 2.45) is 0 Å². The van der Waals surface area contributed by atoms with Crippen molar-refractivity contribution < 1.29 is 13.2 Å². The first kappa shape index (κ1) is 14.9. The van der Waals surface area contributed by atoms with Crippen LogP contribution < -0.4 is 10.1 Å². The lowest BCUT2D eigenvalue weighted by Gasteiger charge is -2.40. The van der Waals surface area contributed by atoms with Crippen molar-refractivity contribution >= 4 is 9.84 Å². The first-order valence-electron chi connectivity index (χ1n) is 7.59. The van der Waals surface area contributed by atoms with E-state index in [2.05, 4.69) is 25.2 Å². The maximum absolute atomic E-state index is 11.8. The quantitative estimate of drug-likeness (QED) is 0.912. The molecule has 5 heteroatoms. The summed E-state index contributed by atoms with van der Waals surface area (Å²) in [5.74, 6) is 1.50. The van der Waals surface area contributed by atoms with E-state index < -0.39 is 9.84 Å². The summed E-state index contributed by atoms with van der Waals surface area (Å²) in [5.41, 5.74) is 0.902. The van der Waals surface area contributed by atoms with Crippen molar-refractivity contribution in [2.75, 3.05) is 11.5 Å². The molecule has 2 heterocycles. The fourth-order valence-corrected chi connectivity index (χ4v) is 5.04. The average molecular weight is 309 g/mol. The van der Waals surface area contributed by atoms with E-state index in [4.69, 9.17) is 4.74 Å². The van der Waals surface area contributed by atoms with E-state index in [9.17, 15) is 8.42 Å². The van der Waals surface area contributed by atoms with Crippen LogP contribution in [0.3, 0.4) is 0 Å². The number of rotatable bonds is 2. The van der Waals surface area contributed by atoms with Gasteiger partial charge in [0.15, 0.2) is 9.84 Å². The highest BCUT2D eigenvalue weighted by Crippen LogP contribution is 2.39. The smallest absolute Gasteiger partial charge is 0.151 e. The molecule has 0 amide bonds. The molecule has 2 unspecified atom stereocenters. The van der Waals surface area contributed by atoms with Gasteiger partial charge in [-0.2, -0.15) is 0 Å². The molecule has 1 saturated heterocycles. The lowest BCUT2D eigenvalue weighted by molar-refractivity contribution is 0.0638. The summed E-state index contributed by atoms with van der Waals surface area (Å²) in [4.78, 5) is 0. The number of sulfone groups is 1. The van der Waals surface area contributed by atoms with Crippen LogP contribution in [-0.2, 0) is 9.84 Å². The average Bonchev–Trinajstić information content (AvgIpc) is 2.36. The Hall–Kier alpha value is -1.07. The summed E-state index contributed by atoms with van der Waals surface area (Å²) in [6, 6.07) is 8.25. The molecule has 0 bridgehead atoms. The third-order valence-electron chi connectivity index (χ3n) is 4.28. The third kappa shape index (κ3) is 3.40. The lowest BCUT2D eigenvalue weighted by Crippen LogP contribution is -2.46. The number of hydrogen-bond acceptors (Lipinski definition) is 4. The lowest BCUT2D eigenvalue weighted by atomic mass is 9.89. The van der Waals surface area contributed by atoms with Crippen molar-refractivity contribution in [3.05, 3.63) is 29.8 Å². The molecule has 3 rings (SSSR count). The molecular formula is C16H23NO3S. The molecule has 4 nitrogen and oxygen atoms in total. The van der Waals surface area contributed by atoms with Crippen LogP contribution in [0.25, 0.3) is 0 Å². The van der Waals surface area contributed by atoms with Gasteiger partial charge in [-0.25, -0.2) is 8.42 Å². The topological polar surface area (TPSA) is 55.4 Å². The minimum Gasteiger partial charge on any atom is -0.487 e. The van der Waals surface area contributed by atoms with Gasteiger partial charge in [0.25, 0.3) is 0 Å². The standard InChI is InChI=1S/C16H23NO3S/c1-16(2)10-14(13-7-3-4-8-15(13)20-16)17-12-6-5-9-21(18,19)11-12/h3-4,7-8,12,14,17H,5-6,9-11H2,1-2H3. The summed E-state index contributed by atoms with van der Waals surface area (Å²) in [6.45, 7) is 4.16. The van der Waals surface area contributed by atoms with Gasteiger partial charge in [0.05, 0.1) is 11.5 Å². The van der Waals surface area contributed by atoms with Crippen LogP contribution in [0.1, 0.15) is 44.7 Å². The second-order valence-electron chi connectivity index (χ2n) is 6.78. The van der Waals surface area contributed by atoms with Crippen LogP contribution in [0.15, 0.2) is 24.3 Å². The highest BCUT2D eigenvalue weighted by atomic mass is 32.2. The van der Waals surface area contributed by atoms with Gasteiger partial charge in [-0.1, -0.05) is 18.2 Å². The number of hydrogen-bond donors (Lipinski definition) is 1. The van der Waals surface area contributed by atoms with E-state index in [0.29, 0.717) is 5.75 Å². The van der Waals surface area contributed by atoms with Crippen LogP contribution in [0, 0.1) is 0 Å². The van der Waals surface area contributed by atoms with Crippen molar-refractivity contribution in [1.29, 1.82) is 0 Å². The maximum atomic E-state index is 11.8. The van der Waals surface area contributed by atoms with Crippen molar-refractivity contribution in [3.63, 3.8) is 0 Å². The van der Waals surface area contributed by atoms with Gasteiger partial charge >= 0.3 is 0 Å². The van der Waals surface area contributed by atoms with Gasteiger partial charge in [0, 0.05) is 24.1 Å². The number of benzene rings is 1. The Balaban J connectivity index is 1.81. The predicted molar refractivity (Wildman–Crippen MR) is 83.3 cm³/mol. The Bertz CT molecular complexity index is 624. The normalized spacial score (nSPS) is 30.2. The van der Waals surface area contributed by atoms with Crippen LogP contribution in [0.2, 0.25) is 0 Å². The first-order valence-corrected chi connectivity index (χ1v) is 9.41. The van der Waals surface area contributed by atoms with Crippen LogP contribution in [0.5, 0.6) is 5.75 Å². The zero-order valence-electron chi connectivity index (χ0n) is 12.6. The van der Waals surface area contributed by atoms with E-state index >= 15 is 0 Å². The molecule has 0 saturated carbocycles. The molecule has 1 fully saturated rings. The number of fused-ring (bicyclic) bond motifs is 1. The Morgan fingerprint density at radius 1 is 1.29 bits per heavy atom. The predicted octanol–water partition coefficient (Wildman–Crippen LogP) is 2.46. The Kier molecular flexibility index (Phi) is 3.74. The summed E-state index contributed by atoms with van der Waals surface area (Å²) >= 11 is 0. The highest BCUT2D eigenvalue weighted by Gasteiger charge is 2.35. The van der Waals surface area contributed by atoms with E-state index in [0.717, 1.165) is 30.6 Å². The van der Waals surface area contributed by atoms with Gasteiger partial charge < -0.3 is 10.1 Å². The van der Waals surface area contributed by atoms with Crippen molar-refractivity contribution in [1.82, 2.24) is 5.32 Å². The SMILES string of the molecule is CC1(C)CC(NC2CCCS(=O)(=O)C2)c2ccccc2O1. The van der Waals surface area contributed by atoms with Crippen molar-refractivity contribution in [3.8, 4) is 5.75 Å². The molecule has 0 aromatic heterocycles.